The molecule has 0 heterocycles. The monoisotopic (exact) mass is 370 g/mol. The molecule has 0 aromatic heterocycles. The summed E-state index contributed by atoms with van der Waals surface area (Å²) in [5, 5.41) is 5.52. The molecule has 144 valence electrons. The minimum Gasteiger partial charge on any atom is -0.484 e. The van der Waals surface area contributed by atoms with Crippen LogP contribution in [-0.2, 0) is 9.53 Å². The Balaban J connectivity index is 1.87. The largest absolute Gasteiger partial charge is 0.484 e. The quantitative estimate of drug-likeness (QED) is 0.768. The summed E-state index contributed by atoms with van der Waals surface area (Å²) in [4.78, 5) is 23.6. The zero-order chi connectivity index (χ0) is 19.8. The van der Waals surface area contributed by atoms with Crippen LogP contribution in [0.5, 0.6) is 5.75 Å². The van der Waals surface area contributed by atoms with Gasteiger partial charge in [0.2, 0.25) is 0 Å². The van der Waals surface area contributed by atoms with Crippen LogP contribution in [-0.4, -0.2) is 25.2 Å². The number of ether oxygens (including phenoxy) is 2. The Morgan fingerprint density at radius 1 is 1.07 bits per heavy atom. The smallest absolute Gasteiger partial charge is 0.411 e. The summed E-state index contributed by atoms with van der Waals surface area (Å²) in [6.07, 6.45) is -0.533. The van der Waals surface area contributed by atoms with E-state index in [4.69, 9.17) is 9.47 Å². The van der Waals surface area contributed by atoms with Gasteiger partial charge < -0.3 is 14.8 Å². The molecule has 2 aromatic rings. The number of hydrogen-bond donors (Lipinski definition) is 2. The molecule has 0 fully saturated rings. The number of rotatable bonds is 7. The standard InChI is InChI=1S/C21H26N2O4/c1-5-26-21(25)23-18-7-6-8-19(12-18)27-13-20(24)22-16(4)17-10-9-14(2)15(3)11-17/h6-12,16H,5,13H2,1-4H3,(H,22,24)(H,23,25). The molecule has 2 aromatic carbocycles. The molecule has 0 aliphatic heterocycles. The Hall–Kier alpha value is -3.02. The van der Waals surface area contributed by atoms with E-state index in [-0.39, 0.29) is 18.6 Å². The molecule has 2 N–H and O–H groups in total. The van der Waals surface area contributed by atoms with Gasteiger partial charge in [-0.15, -0.1) is 0 Å². The molecule has 27 heavy (non-hydrogen) atoms. The SMILES string of the molecule is CCOC(=O)Nc1cccc(OCC(=O)NC(C)c2ccc(C)c(C)c2)c1. The van der Waals surface area contributed by atoms with E-state index >= 15 is 0 Å². The van der Waals surface area contributed by atoms with Crippen molar-refractivity contribution in [3.63, 3.8) is 0 Å². The van der Waals surface area contributed by atoms with Crippen LogP contribution in [0.3, 0.4) is 0 Å². The molecule has 2 rings (SSSR count). The summed E-state index contributed by atoms with van der Waals surface area (Å²) in [5.41, 5.74) is 4.00. The minimum absolute atomic E-state index is 0.113. The predicted molar refractivity (Wildman–Crippen MR) is 105 cm³/mol. The molecule has 0 radical (unpaired) electrons. The third kappa shape index (κ3) is 6.33. The topological polar surface area (TPSA) is 76.7 Å². The fourth-order valence-electron chi connectivity index (χ4n) is 2.50. The van der Waals surface area contributed by atoms with E-state index in [2.05, 4.69) is 23.6 Å². The van der Waals surface area contributed by atoms with Crippen LogP contribution < -0.4 is 15.4 Å². The van der Waals surface area contributed by atoms with Crippen molar-refractivity contribution in [3.8, 4) is 5.75 Å². The van der Waals surface area contributed by atoms with Crippen LogP contribution in [0.2, 0.25) is 0 Å². The third-order valence-corrected chi connectivity index (χ3v) is 4.13. The second kappa shape index (κ2) is 9.62. The molecule has 1 unspecified atom stereocenters. The zero-order valence-corrected chi connectivity index (χ0v) is 16.2. The molecule has 1 atom stereocenters. The fraction of sp³-hybridized carbons (Fsp3) is 0.333. The van der Waals surface area contributed by atoms with E-state index in [1.54, 1.807) is 31.2 Å². The molecule has 6 nitrogen and oxygen atoms in total. The Kier molecular flexibility index (Phi) is 7.23. The first kappa shape index (κ1) is 20.3. The van der Waals surface area contributed by atoms with Gasteiger partial charge in [-0.1, -0.05) is 24.3 Å². The van der Waals surface area contributed by atoms with Crippen molar-refractivity contribution in [2.75, 3.05) is 18.5 Å². The van der Waals surface area contributed by atoms with Crippen molar-refractivity contribution >= 4 is 17.7 Å². The molecule has 0 spiro atoms. The molecule has 0 saturated heterocycles. The molecule has 0 saturated carbocycles. The third-order valence-electron chi connectivity index (χ3n) is 4.13. The first-order chi connectivity index (χ1) is 12.9. The molecule has 0 bridgehead atoms. The second-order valence-electron chi connectivity index (χ2n) is 6.29. The van der Waals surface area contributed by atoms with E-state index in [0.717, 1.165) is 5.56 Å². The van der Waals surface area contributed by atoms with E-state index in [9.17, 15) is 9.59 Å². The van der Waals surface area contributed by atoms with Crippen LogP contribution >= 0.6 is 0 Å². The highest BCUT2D eigenvalue weighted by Crippen LogP contribution is 2.18. The number of anilines is 1. The second-order valence-corrected chi connectivity index (χ2v) is 6.29. The highest BCUT2D eigenvalue weighted by atomic mass is 16.5. The van der Waals surface area contributed by atoms with Gasteiger partial charge in [-0.05, 0) is 56.5 Å². The minimum atomic E-state index is -0.533. The average Bonchev–Trinajstić information content (AvgIpc) is 2.62. The van der Waals surface area contributed by atoms with Crippen molar-refractivity contribution in [3.05, 3.63) is 59.2 Å². The van der Waals surface area contributed by atoms with E-state index < -0.39 is 6.09 Å². The summed E-state index contributed by atoms with van der Waals surface area (Å²) in [7, 11) is 0. The maximum Gasteiger partial charge on any atom is 0.411 e. The lowest BCUT2D eigenvalue weighted by Crippen LogP contribution is -2.31. The maximum absolute atomic E-state index is 12.2. The molecule has 0 aliphatic carbocycles. The Morgan fingerprint density at radius 2 is 1.85 bits per heavy atom. The number of hydrogen-bond acceptors (Lipinski definition) is 4. The summed E-state index contributed by atoms with van der Waals surface area (Å²) >= 11 is 0. The summed E-state index contributed by atoms with van der Waals surface area (Å²) in [6.45, 7) is 7.95. The Morgan fingerprint density at radius 3 is 2.56 bits per heavy atom. The van der Waals surface area contributed by atoms with Crippen LogP contribution in [0.4, 0.5) is 10.5 Å². The lowest BCUT2D eigenvalue weighted by molar-refractivity contribution is -0.123. The lowest BCUT2D eigenvalue weighted by atomic mass is 10.0. The van der Waals surface area contributed by atoms with Crippen molar-refractivity contribution < 1.29 is 19.1 Å². The van der Waals surface area contributed by atoms with Gasteiger partial charge in [0.1, 0.15) is 5.75 Å². The number of benzene rings is 2. The highest BCUT2D eigenvalue weighted by molar-refractivity contribution is 5.84. The van der Waals surface area contributed by atoms with E-state index in [0.29, 0.717) is 18.0 Å². The molecular formula is C21H26N2O4. The summed E-state index contributed by atoms with van der Waals surface area (Å²) in [5.74, 6) is 0.266. The van der Waals surface area contributed by atoms with Gasteiger partial charge in [-0.3, -0.25) is 10.1 Å². The number of carbonyl (C=O) groups excluding carboxylic acids is 2. The van der Waals surface area contributed by atoms with Crippen molar-refractivity contribution in [2.45, 2.75) is 33.7 Å². The average molecular weight is 370 g/mol. The van der Waals surface area contributed by atoms with Gasteiger partial charge in [0, 0.05) is 11.8 Å². The molecule has 2 amide bonds. The first-order valence-electron chi connectivity index (χ1n) is 8.92. The summed E-state index contributed by atoms with van der Waals surface area (Å²) in [6, 6.07) is 12.8. The van der Waals surface area contributed by atoms with E-state index in [1.165, 1.54) is 11.1 Å². The Bertz CT molecular complexity index is 805. The predicted octanol–water partition coefficient (Wildman–Crippen LogP) is 4.13. The van der Waals surface area contributed by atoms with Gasteiger partial charge in [0.15, 0.2) is 6.61 Å². The number of aryl methyl sites for hydroxylation is 2. The van der Waals surface area contributed by atoms with Gasteiger partial charge in [-0.2, -0.15) is 0 Å². The summed E-state index contributed by atoms with van der Waals surface area (Å²) < 4.78 is 10.4. The van der Waals surface area contributed by atoms with Crippen molar-refractivity contribution in [2.24, 2.45) is 0 Å². The Labute approximate surface area is 159 Å². The zero-order valence-electron chi connectivity index (χ0n) is 16.2. The van der Waals surface area contributed by atoms with Gasteiger partial charge in [-0.25, -0.2) is 4.79 Å². The van der Waals surface area contributed by atoms with Gasteiger partial charge in [0.05, 0.1) is 12.6 Å². The first-order valence-corrected chi connectivity index (χ1v) is 8.92. The van der Waals surface area contributed by atoms with Crippen LogP contribution in [0, 0.1) is 13.8 Å². The number of carbonyl (C=O) groups is 2. The lowest BCUT2D eigenvalue weighted by Gasteiger charge is -2.16. The van der Waals surface area contributed by atoms with Gasteiger partial charge in [0.25, 0.3) is 5.91 Å². The molecule has 0 aliphatic rings. The molecular weight excluding hydrogens is 344 g/mol. The number of amides is 2. The maximum atomic E-state index is 12.2. The van der Waals surface area contributed by atoms with Crippen molar-refractivity contribution in [1.82, 2.24) is 5.32 Å². The van der Waals surface area contributed by atoms with Gasteiger partial charge >= 0.3 is 6.09 Å². The van der Waals surface area contributed by atoms with Crippen LogP contribution in [0.1, 0.15) is 36.6 Å². The van der Waals surface area contributed by atoms with Crippen LogP contribution in [0.15, 0.2) is 42.5 Å². The fourth-order valence-corrected chi connectivity index (χ4v) is 2.50. The van der Waals surface area contributed by atoms with E-state index in [1.807, 2.05) is 26.0 Å². The normalized spacial score (nSPS) is 11.4. The van der Waals surface area contributed by atoms with Crippen LogP contribution in [0.25, 0.3) is 0 Å². The van der Waals surface area contributed by atoms with Crippen molar-refractivity contribution in [1.29, 1.82) is 0 Å². The number of nitrogens with one attached hydrogen (secondary N) is 2. The highest BCUT2D eigenvalue weighted by Gasteiger charge is 2.11. The molecule has 6 heteroatoms.